The summed E-state index contributed by atoms with van der Waals surface area (Å²) in [6, 6.07) is 16.1. The number of anilines is 1. The zero-order valence-electron chi connectivity index (χ0n) is 18.9. The summed E-state index contributed by atoms with van der Waals surface area (Å²) in [5, 5.41) is 12.3. The van der Waals surface area contributed by atoms with Crippen molar-refractivity contribution in [1.29, 1.82) is 0 Å². The normalized spacial score (nSPS) is 15.3. The number of rotatable bonds is 9. The van der Waals surface area contributed by atoms with Crippen LogP contribution in [0.3, 0.4) is 0 Å². The first kappa shape index (κ1) is 23.4. The monoisotopic (exact) mass is 467 g/mol. The van der Waals surface area contributed by atoms with Gasteiger partial charge >= 0.3 is 0 Å². The van der Waals surface area contributed by atoms with E-state index in [0.29, 0.717) is 18.7 Å². The molecular weight excluding hydrogens is 437 g/mol. The number of nitrogens with one attached hydrogen (secondary N) is 1. The fraction of sp³-hybridized carbons (Fsp3) is 0.400. The Kier molecular flexibility index (Phi) is 8.12. The van der Waals surface area contributed by atoms with E-state index < -0.39 is 0 Å². The number of halogens is 1. The molecule has 1 N–H and O–H groups in total. The van der Waals surface area contributed by atoms with E-state index in [4.69, 9.17) is 0 Å². The number of likely N-dealkylation sites (tertiary alicyclic amines) is 1. The van der Waals surface area contributed by atoms with Crippen LogP contribution in [0, 0.1) is 5.82 Å². The lowest BCUT2D eigenvalue weighted by Crippen LogP contribution is -2.30. The van der Waals surface area contributed by atoms with Crippen molar-refractivity contribution >= 4 is 23.4 Å². The third-order valence-electron chi connectivity index (χ3n) is 5.81. The van der Waals surface area contributed by atoms with Gasteiger partial charge in [0.2, 0.25) is 5.91 Å². The predicted octanol–water partition coefficient (Wildman–Crippen LogP) is 4.96. The molecular formula is C25H30FN5OS. The third-order valence-corrected chi connectivity index (χ3v) is 7.16. The lowest BCUT2D eigenvalue weighted by Gasteiger charge is -2.26. The lowest BCUT2D eigenvalue weighted by molar-refractivity contribution is -0.115. The predicted molar refractivity (Wildman–Crippen MR) is 130 cm³/mol. The summed E-state index contributed by atoms with van der Waals surface area (Å²) < 4.78 is 15.3. The molecule has 4 rings (SSSR count). The van der Waals surface area contributed by atoms with Crippen LogP contribution in [0.15, 0.2) is 59.8 Å². The SMILES string of the molecule is CCC(Sc1nnc(CN2CCCCC2)n1Cc1ccccc1)C(=O)Nc1ccc(F)cc1. The van der Waals surface area contributed by atoms with Crippen molar-refractivity contribution in [2.24, 2.45) is 0 Å². The first-order chi connectivity index (χ1) is 16.1. The molecule has 0 bridgehead atoms. The summed E-state index contributed by atoms with van der Waals surface area (Å²) in [5.74, 6) is 0.475. The number of amides is 1. The van der Waals surface area contributed by atoms with Crippen LogP contribution < -0.4 is 5.32 Å². The van der Waals surface area contributed by atoms with Crippen LogP contribution in [0.4, 0.5) is 10.1 Å². The second-order valence-electron chi connectivity index (χ2n) is 8.32. The fourth-order valence-corrected chi connectivity index (χ4v) is 4.94. The van der Waals surface area contributed by atoms with Gasteiger partial charge in [-0.25, -0.2) is 4.39 Å². The van der Waals surface area contributed by atoms with Gasteiger partial charge in [0.05, 0.1) is 18.3 Å². The minimum Gasteiger partial charge on any atom is -0.325 e. The third kappa shape index (κ3) is 6.42. The molecule has 1 unspecified atom stereocenters. The van der Waals surface area contributed by atoms with Crippen LogP contribution in [0.2, 0.25) is 0 Å². The molecule has 0 saturated carbocycles. The number of benzene rings is 2. The maximum absolute atomic E-state index is 13.2. The van der Waals surface area contributed by atoms with Gasteiger partial charge in [0.1, 0.15) is 11.6 Å². The molecule has 0 spiro atoms. The number of carbonyl (C=O) groups is 1. The van der Waals surface area contributed by atoms with Gasteiger partial charge < -0.3 is 9.88 Å². The van der Waals surface area contributed by atoms with E-state index in [2.05, 4.69) is 37.1 Å². The second-order valence-corrected chi connectivity index (χ2v) is 9.49. The number of hydrogen-bond acceptors (Lipinski definition) is 5. The van der Waals surface area contributed by atoms with Crippen LogP contribution in [0.5, 0.6) is 0 Å². The first-order valence-corrected chi connectivity index (χ1v) is 12.4. The summed E-state index contributed by atoms with van der Waals surface area (Å²) in [7, 11) is 0. The first-order valence-electron chi connectivity index (χ1n) is 11.5. The van der Waals surface area contributed by atoms with Crippen molar-refractivity contribution in [2.75, 3.05) is 18.4 Å². The Bertz CT molecular complexity index is 1030. The Balaban J connectivity index is 1.52. The van der Waals surface area contributed by atoms with E-state index in [9.17, 15) is 9.18 Å². The number of thioether (sulfide) groups is 1. The topological polar surface area (TPSA) is 63.1 Å². The molecule has 1 aromatic heterocycles. The van der Waals surface area contributed by atoms with Gasteiger partial charge in [-0.05, 0) is 62.2 Å². The quantitative estimate of drug-likeness (QED) is 0.451. The molecule has 0 aliphatic carbocycles. The van der Waals surface area contributed by atoms with Crippen LogP contribution in [-0.4, -0.2) is 43.9 Å². The average Bonchev–Trinajstić information content (AvgIpc) is 3.20. The largest absolute Gasteiger partial charge is 0.325 e. The minimum atomic E-state index is -0.336. The molecule has 1 amide bonds. The van der Waals surface area contributed by atoms with Crippen LogP contribution in [-0.2, 0) is 17.9 Å². The summed E-state index contributed by atoms with van der Waals surface area (Å²) in [6.45, 7) is 5.57. The zero-order chi connectivity index (χ0) is 23.0. The van der Waals surface area contributed by atoms with Crippen molar-refractivity contribution in [3.8, 4) is 0 Å². The Morgan fingerprint density at radius 2 is 1.76 bits per heavy atom. The highest BCUT2D eigenvalue weighted by Crippen LogP contribution is 2.27. The standard InChI is InChI=1S/C25H30FN5OS/c1-2-22(24(32)27-21-13-11-20(26)12-14-21)33-25-29-28-23(18-30-15-7-4-8-16-30)31(25)17-19-9-5-3-6-10-19/h3,5-6,9-14,22H,2,4,7-8,15-18H2,1H3,(H,27,32). The van der Waals surface area contributed by atoms with Crippen LogP contribution in [0.25, 0.3) is 0 Å². The van der Waals surface area contributed by atoms with Crippen LogP contribution in [0.1, 0.15) is 44.0 Å². The van der Waals surface area contributed by atoms with Crippen molar-refractivity contribution in [2.45, 2.75) is 56.1 Å². The molecule has 8 heteroatoms. The van der Waals surface area contributed by atoms with Gasteiger partial charge in [-0.3, -0.25) is 9.69 Å². The second kappa shape index (κ2) is 11.4. The maximum Gasteiger partial charge on any atom is 0.237 e. The van der Waals surface area contributed by atoms with Gasteiger partial charge in [0.15, 0.2) is 5.16 Å². The molecule has 2 heterocycles. The van der Waals surface area contributed by atoms with E-state index in [1.165, 1.54) is 48.7 Å². The zero-order valence-corrected chi connectivity index (χ0v) is 19.7. The molecule has 1 aliphatic heterocycles. The lowest BCUT2D eigenvalue weighted by atomic mass is 10.1. The van der Waals surface area contributed by atoms with E-state index >= 15 is 0 Å². The Morgan fingerprint density at radius 3 is 2.45 bits per heavy atom. The van der Waals surface area contributed by atoms with E-state index in [1.807, 2.05) is 25.1 Å². The summed E-state index contributed by atoms with van der Waals surface area (Å²) in [4.78, 5) is 15.4. The van der Waals surface area contributed by atoms with Crippen LogP contribution >= 0.6 is 11.8 Å². The highest BCUT2D eigenvalue weighted by molar-refractivity contribution is 8.00. The molecule has 33 heavy (non-hydrogen) atoms. The maximum atomic E-state index is 13.2. The Hall–Kier alpha value is -2.71. The van der Waals surface area contributed by atoms with Crippen molar-refractivity contribution in [3.63, 3.8) is 0 Å². The van der Waals surface area contributed by atoms with E-state index in [-0.39, 0.29) is 17.0 Å². The molecule has 2 aromatic carbocycles. The number of hydrogen-bond donors (Lipinski definition) is 1. The molecule has 0 radical (unpaired) electrons. The summed E-state index contributed by atoms with van der Waals surface area (Å²) in [5.41, 5.74) is 1.75. The average molecular weight is 468 g/mol. The van der Waals surface area contributed by atoms with Crippen molar-refractivity contribution < 1.29 is 9.18 Å². The molecule has 1 atom stereocenters. The number of piperidine rings is 1. The van der Waals surface area contributed by atoms with Gasteiger partial charge in [-0.15, -0.1) is 10.2 Å². The minimum absolute atomic E-state index is 0.124. The van der Waals surface area contributed by atoms with Gasteiger partial charge in [0.25, 0.3) is 0 Å². The molecule has 3 aromatic rings. The Morgan fingerprint density at radius 1 is 1.03 bits per heavy atom. The van der Waals surface area contributed by atoms with Gasteiger partial charge in [-0.2, -0.15) is 0 Å². The van der Waals surface area contributed by atoms with Crippen molar-refractivity contribution in [1.82, 2.24) is 19.7 Å². The number of carbonyl (C=O) groups excluding carboxylic acids is 1. The molecule has 6 nitrogen and oxygen atoms in total. The molecule has 174 valence electrons. The molecule has 1 fully saturated rings. The summed E-state index contributed by atoms with van der Waals surface area (Å²) in [6.07, 6.45) is 4.36. The molecule has 1 aliphatic rings. The highest BCUT2D eigenvalue weighted by atomic mass is 32.2. The van der Waals surface area contributed by atoms with E-state index in [0.717, 1.165) is 30.6 Å². The van der Waals surface area contributed by atoms with Gasteiger partial charge in [0, 0.05) is 5.69 Å². The smallest absolute Gasteiger partial charge is 0.237 e. The number of nitrogens with zero attached hydrogens (tertiary/aromatic N) is 4. The number of aromatic nitrogens is 3. The summed E-state index contributed by atoms with van der Waals surface area (Å²) >= 11 is 1.43. The van der Waals surface area contributed by atoms with E-state index in [1.54, 1.807) is 12.1 Å². The fourth-order valence-electron chi connectivity index (χ4n) is 3.97. The van der Waals surface area contributed by atoms with Crippen molar-refractivity contribution in [3.05, 3.63) is 71.8 Å². The molecule has 1 saturated heterocycles. The Labute approximate surface area is 198 Å². The highest BCUT2D eigenvalue weighted by Gasteiger charge is 2.24. The van der Waals surface area contributed by atoms with Gasteiger partial charge in [-0.1, -0.05) is 55.4 Å².